The van der Waals surface area contributed by atoms with Gasteiger partial charge in [-0.3, -0.25) is 9.58 Å². The van der Waals surface area contributed by atoms with E-state index in [1.807, 2.05) is 18.7 Å². The van der Waals surface area contributed by atoms with Crippen LogP contribution in [0.3, 0.4) is 0 Å². The molecule has 1 aliphatic carbocycles. The topological polar surface area (TPSA) is 30.3 Å². The van der Waals surface area contributed by atoms with Crippen molar-refractivity contribution in [1.29, 1.82) is 0 Å². The summed E-state index contributed by atoms with van der Waals surface area (Å²) in [6.45, 7) is 6.74. The van der Waals surface area contributed by atoms with Gasteiger partial charge in [-0.05, 0) is 50.5 Å². The smallest absolute Gasteiger partial charge is 0.119 e. The standard InChI is InChI=1S/C18H25N3O/c1-4-22-18-9-5-15(6-10-18)12-21(16-7-8-16)13-17-11-14(2)19-20(17)3/h5-6,9-11,16H,4,7-8,12-13H2,1-3H3. The quantitative estimate of drug-likeness (QED) is 0.786. The third-order valence-corrected chi connectivity index (χ3v) is 4.15. The zero-order valence-electron chi connectivity index (χ0n) is 13.7. The number of ether oxygens (including phenoxy) is 1. The van der Waals surface area contributed by atoms with Gasteiger partial charge in [-0.25, -0.2) is 0 Å². The predicted molar refractivity (Wildman–Crippen MR) is 87.8 cm³/mol. The molecule has 0 radical (unpaired) electrons. The summed E-state index contributed by atoms with van der Waals surface area (Å²) >= 11 is 0. The molecule has 2 aromatic rings. The van der Waals surface area contributed by atoms with E-state index in [0.29, 0.717) is 6.61 Å². The molecule has 118 valence electrons. The van der Waals surface area contributed by atoms with Gasteiger partial charge in [0.2, 0.25) is 0 Å². The molecule has 0 amide bonds. The Hall–Kier alpha value is -1.81. The molecule has 0 spiro atoms. The summed E-state index contributed by atoms with van der Waals surface area (Å²) in [5.74, 6) is 0.950. The molecule has 0 aliphatic heterocycles. The van der Waals surface area contributed by atoms with E-state index in [-0.39, 0.29) is 0 Å². The first kappa shape index (κ1) is 15.1. The normalized spacial score (nSPS) is 14.5. The van der Waals surface area contributed by atoms with Crippen LogP contribution < -0.4 is 4.74 Å². The molecule has 0 saturated heterocycles. The lowest BCUT2D eigenvalue weighted by Crippen LogP contribution is -2.26. The number of hydrogen-bond acceptors (Lipinski definition) is 3. The number of benzene rings is 1. The van der Waals surface area contributed by atoms with E-state index in [4.69, 9.17) is 4.74 Å². The Morgan fingerprint density at radius 2 is 1.95 bits per heavy atom. The molecule has 3 rings (SSSR count). The third kappa shape index (κ3) is 3.69. The lowest BCUT2D eigenvalue weighted by atomic mass is 10.2. The summed E-state index contributed by atoms with van der Waals surface area (Å²) in [4.78, 5) is 2.56. The average Bonchev–Trinajstić information content (AvgIpc) is 3.28. The highest BCUT2D eigenvalue weighted by molar-refractivity contribution is 5.27. The Bertz CT molecular complexity index is 614. The molecule has 1 saturated carbocycles. The molecule has 0 unspecified atom stereocenters. The molecule has 0 N–H and O–H groups in total. The van der Waals surface area contributed by atoms with E-state index >= 15 is 0 Å². The number of rotatable bonds is 7. The number of aromatic nitrogens is 2. The molecule has 0 atom stereocenters. The van der Waals surface area contributed by atoms with Crippen molar-refractivity contribution in [2.45, 2.75) is 45.8 Å². The molecule has 1 fully saturated rings. The van der Waals surface area contributed by atoms with Crippen LogP contribution in [0.15, 0.2) is 30.3 Å². The van der Waals surface area contributed by atoms with Crippen LogP contribution in [0.5, 0.6) is 5.75 Å². The summed E-state index contributed by atoms with van der Waals surface area (Å²) in [6, 6.07) is 11.4. The number of aryl methyl sites for hydroxylation is 2. The van der Waals surface area contributed by atoms with Crippen molar-refractivity contribution in [2.24, 2.45) is 7.05 Å². The van der Waals surface area contributed by atoms with Gasteiger partial charge < -0.3 is 4.74 Å². The van der Waals surface area contributed by atoms with Gasteiger partial charge in [0.25, 0.3) is 0 Å². The highest BCUT2D eigenvalue weighted by Gasteiger charge is 2.29. The Labute approximate surface area is 132 Å². The molecule has 1 aromatic carbocycles. The minimum absolute atomic E-state index is 0.716. The Morgan fingerprint density at radius 1 is 1.23 bits per heavy atom. The first-order valence-corrected chi connectivity index (χ1v) is 8.11. The zero-order chi connectivity index (χ0) is 15.5. The van der Waals surface area contributed by atoms with Crippen LogP contribution in [-0.2, 0) is 20.1 Å². The second-order valence-electron chi connectivity index (χ2n) is 6.11. The van der Waals surface area contributed by atoms with Gasteiger partial charge in [0.15, 0.2) is 0 Å². The van der Waals surface area contributed by atoms with Crippen LogP contribution in [-0.4, -0.2) is 27.3 Å². The second-order valence-corrected chi connectivity index (χ2v) is 6.11. The lowest BCUT2D eigenvalue weighted by molar-refractivity contribution is 0.239. The van der Waals surface area contributed by atoms with Gasteiger partial charge in [-0.2, -0.15) is 5.10 Å². The summed E-state index contributed by atoms with van der Waals surface area (Å²) < 4.78 is 7.52. The Balaban J connectivity index is 1.68. The molecule has 1 heterocycles. The minimum atomic E-state index is 0.716. The van der Waals surface area contributed by atoms with Crippen LogP contribution >= 0.6 is 0 Å². The van der Waals surface area contributed by atoms with Crippen molar-refractivity contribution in [3.05, 3.63) is 47.3 Å². The first-order valence-electron chi connectivity index (χ1n) is 8.11. The van der Waals surface area contributed by atoms with Crippen molar-refractivity contribution in [2.75, 3.05) is 6.61 Å². The van der Waals surface area contributed by atoms with Gasteiger partial charge in [0.05, 0.1) is 18.0 Å². The SMILES string of the molecule is CCOc1ccc(CN(Cc2cc(C)nn2C)C2CC2)cc1. The third-order valence-electron chi connectivity index (χ3n) is 4.15. The molecular weight excluding hydrogens is 274 g/mol. The van der Waals surface area contributed by atoms with Crippen LogP contribution in [0.1, 0.15) is 36.7 Å². The summed E-state index contributed by atoms with van der Waals surface area (Å²) in [7, 11) is 2.03. The lowest BCUT2D eigenvalue weighted by Gasteiger charge is -2.22. The van der Waals surface area contributed by atoms with Crippen LogP contribution in [0.4, 0.5) is 0 Å². The number of nitrogens with zero attached hydrogens (tertiary/aromatic N) is 3. The average molecular weight is 299 g/mol. The van der Waals surface area contributed by atoms with Crippen molar-refractivity contribution in [1.82, 2.24) is 14.7 Å². The molecular formula is C18H25N3O. The predicted octanol–water partition coefficient (Wildman–Crippen LogP) is 3.29. The van der Waals surface area contributed by atoms with Crippen LogP contribution in [0.25, 0.3) is 0 Å². The maximum Gasteiger partial charge on any atom is 0.119 e. The monoisotopic (exact) mass is 299 g/mol. The van der Waals surface area contributed by atoms with Crippen LogP contribution in [0.2, 0.25) is 0 Å². The molecule has 22 heavy (non-hydrogen) atoms. The van der Waals surface area contributed by atoms with Gasteiger partial charge in [0, 0.05) is 26.2 Å². The van der Waals surface area contributed by atoms with Gasteiger partial charge in [-0.1, -0.05) is 12.1 Å². The van der Waals surface area contributed by atoms with E-state index in [0.717, 1.165) is 30.6 Å². The first-order chi connectivity index (χ1) is 10.7. The van der Waals surface area contributed by atoms with E-state index in [2.05, 4.69) is 47.3 Å². The molecule has 1 aliphatic rings. The van der Waals surface area contributed by atoms with Crippen molar-refractivity contribution >= 4 is 0 Å². The second kappa shape index (κ2) is 6.53. The van der Waals surface area contributed by atoms with E-state index in [1.165, 1.54) is 24.1 Å². The summed E-state index contributed by atoms with van der Waals surface area (Å²) in [5.41, 5.74) is 3.72. The molecule has 1 aromatic heterocycles. The fourth-order valence-corrected chi connectivity index (χ4v) is 2.87. The van der Waals surface area contributed by atoms with Crippen molar-refractivity contribution in [3.63, 3.8) is 0 Å². The highest BCUT2D eigenvalue weighted by atomic mass is 16.5. The van der Waals surface area contributed by atoms with Crippen LogP contribution in [0, 0.1) is 6.92 Å². The Morgan fingerprint density at radius 3 is 2.50 bits per heavy atom. The van der Waals surface area contributed by atoms with Crippen molar-refractivity contribution in [3.8, 4) is 5.75 Å². The van der Waals surface area contributed by atoms with Gasteiger partial charge in [-0.15, -0.1) is 0 Å². The summed E-state index contributed by atoms with van der Waals surface area (Å²) in [5, 5.41) is 4.46. The van der Waals surface area contributed by atoms with E-state index in [1.54, 1.807) is 0 Å². The minimum Gasteiger partial charge on any atom is -0.494 e. The zero-order valence-corrected chi connectivity index (χ0v) is 13.7. The summed E-state index contributed by atoms with van der Waals surface area (Å²) in [6.07, 6.45) is 2.63. The Kier molecular flexibility index (Phi) is 4.48. The highest BCUT2D eigenvalue weighted by Crippen LogP contribution is 2.30. The molecule has 4 nitrogen and oxygen atoms in total. The fourth-order valence-electron chi connectivity index (χ4n) is 2.87. The van der Waals surface area contributed by atoms with E-state index in [9.17, 15) is 0 Å². The van der Waals surface area contributed by atoms with Crippen molar-refractivity contribution < 1.29 is 4.74 Å². The maximum absolute atomic E-state index is 5.51. The van der Waals surface area contributed by atoms with Gasteiger partial charge >= 0.3 is 0 Å². The molecule has 0 bridgehead atoms. The van der Waals surface area contributed by atoms with Gasteiger partial charge in [0.1, 0.15) is 5.75 Å². The fraction of sp³-hybridized carbons (Fsp3) is 0.500. The maximum atomic E-state index is 5.51. The number of hydrogen-bond donors (Lipinski definition) is 0. The molecule has 4 heteroatoms. The largest absolute Gasteiger partial charge is 0.494 e. The van der Waals surface area contributed by atoms with E-state index < -0.39 is 0 Å².